The first-order valence-corrected chi connectivity index (χ1v) is 6.03. The first kappa shape index (κ1) is 15.2. The lowest BCUT2D eigenvalue weighted by Crippen LogP contribution is -2.45. The molecule has 2 atom stereocenters. The van der Waals surface area contributed by atoms with E-state index in [-0.39, 0.29) is 12.5 Å². The van der Waals surface area contributed by atoms with Gasteiger partial charge in [0, 0.05) is 13.7 Å². The number of ether oxygens (including phenoxy) is 1. The van der Waals surface area contributed by atoms with Crippen LogP contribution in [0, 0.1) is 5.92 Å². The molecule has 0 aliphatic carbocycles. The summed E-state index contributed by atoms with van der Waals surface area (Å²) in [6.45, 7) is 3.26. The Morgan fingerprint density at radius 2 is 1.95 bits per heavy atom. The maximum absolute atomic E-state index is 12.2. The van der Waals surface area contributed by atoms with E-state index in [0.29, 0.717) is 0 Å². The van der Waals surface area contributed by atoms with E-state index < -0.39 is 17.5 Å². The summed E-state index contributed by atoms with van der Waals surface area (Å²) in [4.78, 5) is 22.9. The van der Waals surface area contributed by atoms with Gasteiger partial charge in [-0.25, -0.2) is 0 Å². The molecule has 0 aliphatic rings. The number of benzene rings is 1. The number of nitrogens with one attached hydrogen (secondary N) is 1. The Labute approximate surface area is 112 Å². The van der Waals surface area contributed by atoms with E-state index >= 15 is 0 Å². The fourth-order valence-electron chi connectivity index (χ4n) is 1.60. The standard InChI is InChI=1S/C14H19NO4/c1-10(12(16)17)9-15-13(18)14(2,19-3)11-7-5-4-6-8-11/h4-8,10H,9H2,1-3H3,(H,15,18)(H,16,17). The minimum Gasteiger partial charge on any atom is -0.481 e. The third-order valence-corrected chi connectivity index (χ3v) is 3.16. The largest absolute Gasteiger partial charge is 0.481 e. The number of carboxylic acids is 1. The summed E-state index contributed by atoms with van der Waals surface area (Å²) in [6.07, 6.45) is 0. The van der Waals surface area contributed by atoms with Crippen molar-refractivity contribution in [2.75, 3.05) is 13.7 Å². The van der Waals surface area contributed by atoms with Gasteiger partial charge in [0.2, 0.25) is 0 Å². The highest BCUT2D eigenvalue weighted by atomic mass is 16.5. The molecule has 1 aromatic carbocycles. The summed E-state index contributed by atoms with van der Waals surface area (Å²) in [5.74, 6) is -1.94. The Bertz CT molecular complexity index is 446. The fraction of sp³-hybridized carbons (Fsp3) is 0.429. The lowest BCUT2D eigenvalue weighted by molar-refractivity contribution is -0.144. The SMILES string of the molecule is COC(C)(C(=O)NCC(C)C(=O)O)c1ccccc1. The van der Waals surface area contributed by atoms with Crippen molar-refractivity contribution in [3.05, 3.63) is 35.9 Å². The zero-order valence-electron chi connectivity index (χ0n) is 11.3. The molecule has 5 nitrogen and oxygen atoms in total. The lowest BCUT2D eigenvalue weighted by Gasteiger charge is -2.27. The monoisotopic (exact) mass is 265 g/mol. The summed E-state index contributed by atoms with van der Waals surface area (Å²) in [5, 5.41) is 11.4. The van der Waals surface area contributed by atoms with Gasteiger partial charge in [-0.1, -0.05) is 37.3 Å². The zero-order chi connectivity index (χ0) is 14.5. The molecule has 0 saturated heterocycles. The zero-order valence-corrected chi connectivity index (χ0v) is 11.3. The van der Waals surface area contributed by atoms with E-state index in [9.17, 15) is 9.59 Å². The molecule has 0 fully saturated rings. The number of carbonyl (C=O) groups is 2. The van der Waals surface area contributed by atoms with Gasteiger partial charge in [-0.05, 0) is 12.5 Å². The van der Waals surface area contributed by atoms with Crippen LogP contribution in [0.3, 0.4) is 0 Å². The van der Waals surface area contributed by atoms with E-state index in [4.69, 9.17) is 9.84 Å². The minimum atomic E-state index is -1.13. The smallest absolute Gasteiger partial charge is 0.308 e. The number of hydrogen-bond donors (Lipinski definition) is 2. The van der Waals surface area contributed by atoms with Crippen LogP contribution in [0.5, 0.6) is 0 Å². The topological polar surface area (TPSA) is 75.6 Å². The molecule has 1 rings (SSSR count). The van der Waals surface area contributed by atoms with Crippen molar-refractivity contribution in [2.24, 2.45) is 5.92 Å². The highest BCUT2D eigenvalue weighted by Crippen LogP contribution is 2.24. The van der Waals surface area contributed by atoms with Gasteiger partial charge >= 0.3 is 5.97 Å². The second kappa shape index (κ2) is 6.33. The molecule has 19 heavy (non-hydrogen) atoms. The molecule has 0 spiro atoms. The molecule has 104 valence electrons. The summed E-state index contributed by atoms with van der Waals surface area (Å²) in [5.41, 5.74) is -0.405. The van der Waals surface area contributed by atoms with Gasteiger partial charge in [0.1, 0.15) is 0 Å². The number of amides is 1. The Hall–Kier alpha value is -1.88. The number of rotatable bonds is 6. The lowest BCUT2D eigenvalue weighted by atomic mass is 9.94. The van der Waals surface area contributed by atoms with Crippen LogP contribution in [0.15, 0.2) is 30.3 Å². The van der Waals surface area contributed by atoms with Crippen molar-refractivity contribution in [3.63, 3.8) is 0 Å². The second-order valence-electron chi connectivity index (χ2n) is 4.55. The minimum absolute atomic E-state index is 0.0694. The molecule has 5 heteroatoms. The third-order valence-electron chi connectivity index (χ3n) is 3.16. The third kappa shape index (κ3) is 3.54. The summed E-state index contributed by atoms with van der Waals surface area (Å²) < 4.78 is 5.32. The Kier molecular flexibility index (Phi) is 5.06. The molecule has 1 aromatic rings. The molecule has 2 N–H and O–H groups in total. The van der Waals surface area contributed by atoms with E-state index in [1.165, 1.54) is 14.0 Å². The molecular weight excluding hydrogens is 246 g/mol. The van der Waals surface area contributed by atoms with Gasteiger partial charge in [0.15, 0.2) is 5.60 Å². The Balaban J connectivity index is 2.80. The number of methoxy groups -OCH3 is 1. The quantitative estimate of drug-likeness (QED) is 0.815. The molecule has 0 bridgehead atoms. The molecule has 0 saturated carbocycles. The Morgan fingerprint density at radius 3 is 2.42 bits per heavy atom. The summed E-state index contributed by atoms with van der Waals surface area (Å²) in [7, 11) is 1.45. The highest BCUT2D eigenvalue weighted by molar-refractivity contribution is 5.86. The van der Waals surface area contributed by atoms with Crippen LogP contribution in [0.1, 0.15) is 19.4 Å². The van der Waals surface area contributed by atoms with Crippen molar-refractivity contribution >= 4 is 11.9 Å². The van der Waals surface area contributed by atoms with Crippen LogP contribution in [0.4, 0.5) is 0 Å². The van der Waals surface area contributed by atoms with Crippen molar-refractivity contribution in [1.29, 1.82) is 0 Å². The summed E-state index contributed by atoms with van der Waals surface area (Å²) in [6, 6.07) is 9.08. The van der Waals surface area contributed by atoms with Gasteiger partial charge < -0.3 is 15.2 Å². The van der Waals surface area contributed by atoms with E-state index in [2.05, 4.69) is 5.32 Å². The molecule has 0 radical (unpaired) electrons. The van der Waals surface area contributed by atoms with Gasteiger partial charge in [0.05, 0.1) is 5.92 Å². The predicted molar refractivity (Wildman–Crippen MR) is 70.6 cm³/mol. The summed E-state index contributed by atoms with van der Waals surface area (Å²) >= 11 is 0. The Morgan fingerprint density at radius 1 is 1.37 bits per heavy atom. The fourth-order valence-corrected chi connectivity index (χ4v) is 1.60. The molecule has 2 unspecified atom stereocenters. The van der Waals surface area contributed by atoms with E-state index in [0.717, 1.165) is 5.56 Å². The van der Waals surface area contributed by atoms with Crippen LogP contribution in [-0.4, -0.2) is 30.6 Å². The first-order valence-electron chi connectivity index (χ1n) is 6.03. The van der Waals surface area contributed by atoms with Gasteiger partial charge in [0.25, 0.3) is 5.91 Å². The maximum Gasteiger partial charge on any atom is 0.308 e. The number of carbonyl (C=O) groups excluding carboxylic acids is 1. The molecule has 0 heterocycles. The van der Waals surface area contributed by atoms with Crippen molar-refractivity contribution < 1.29 is 19.4 Å². The van der Waals surface area contributed by atoms with Crippen molar-refractivity contribution in [2.45, 2.75) is 19.4 Å². The molecule has 0 aromatic heterocycles. The van der Waals surface area contributed by atoms with Gasteiger partial charge in [-0.3, -0.25) is 9.59 Å². The van der Waals surface area contributed by atoms with Crippen molar-refractivity contribution in [3.8, 4) is 0 Å². The van der Waals surface area contributed by atoms with Crippen LogP contribution < -0.4 is 5.32 Å². The predicted octanol–water partition coefficient (Wildman–Crippen LogP) is 1.39. The molecular formula is C14H19NO4. The maximum atomic E-state index is 12.2. The average molecular weight is 265 g/mol. The second-order valence-corrected chi connectivity index (χ2v) is 4.55. The normalized spacial score (nSPS) is 15.3. The first-order chi connectivity index (χ1) is 8.91. The number of carboxylic acid groups (broad SMARTS) is 1. The van der Waals surface area contributed by atoms with Crippen molar-refractivity contribution in [1.82, 2.24) is 5.32 Å². The molecule has 0 aliphatic heterocycles. The van der Waals surface area contributed by atoms with Crippen LogP contribution in [0.2, 0.25) is 0 Å². The van der Waals surface area contributed by atoms with Crippen LogP contribution >= 0.6 is 0 Å². The average Bonchev–Trinajstić information content (AvgIpc) is 2.44. The van der Waals surface area contributed by atoms with Crippen LogP contribution in [-0.2, 0) is 19.9 Å². The highest BCUT2D eigenvalue weighted by Gasteiger charge is 2.35. The van der Waals surface area contributed by atoms with E-state index in [1.807, 2.05) is 18.2 Å². The number of aliphatic carboxylic acids is 1. The van der Waals surface area contributed by atoms with E-state index in [1.54, 1.807) is 19.1 Å². The van der Waals surface area contributed by atoms with Gasteiger partial charge in [-0.15, -0.1) is 0 Å². The number of hydrogen-bond acceptors (Lipinski definition) is 3. The van der Waals surface area contributed by atoms with Crippen LogP contribution in [0.25, 0.3) is 0 Å². The molecule has 1 amide bonds. The van der Waals surface area contributed by atoms with Gasteiger partial charge in [-0.2, -0.15) is 0 Å².